The lowest BCUT2D eigenvalue weighted by molar-refractivity contribution is -0.117. The molecule has 0 saturated heterocycles. The lowest BCUT2D eigenvalue weighted by atomic mass is 10.2. The SMILES string of the molecule is Cc1ccc(OCc2nn(CC(=O)Nc3ncc(C)s3)c(=S)o2)cc1. The number of anilines is 1. The normalized spacial score (nSPS) is 10.6. The van der Waals surface area contributed by atoms with Gasteiger partial charge in [0.05, 0.1) is 0 Å². The van der Waals surface area contributed by atoms with Gasteiger partial charge >= 0.3 is 0 Å². The summed E-state index contributed by atoms with van der Waals surface area (Å²) in [5.74, 6) is 0.742. The fraction of sp³-hybridized carbons (Fsp3) is 0.250. The number of nitrogens with one attached hydrogen (secondary N) is 1. The Morgan fingerprint density at radius 3 is 2.80 bits per heavy atom. The minimum Gasteiger partial charge on any atom is -0.484 e. The molecule has 1 amide bonds. The number of aromatic nitrogens is 3. The van der Waals surface area contributed by atoms with Crippen molar-refractivity contribution in [2.75, 3.05) is 5.32 Å². The highest BCUT2D eigenvalue weighted by Gasteiger charge is 2.11. The van der Waals surface area contributed by atoms with Gasteiger partial charge in [0.25, 0.3) is 10.7 Å². The Hall–Kier alpha value is -2.52. The largest absolute Gasteiger partial charge is 0.484 e. The van der Waals surface area contributed by atoms with Crippen molar-refractivity contribution in [2.24, 2.45) is 0 Å². The van der Waals surface area contributed by atoms with Crippen molar-refractivity contribution in [2.45, 2.75) is 27.0 Å². The summed E-state index contributed by atoms with van der Waals surface area (Å²) < 4.78 is 12.3. The maximum Gasteiger partial charge on any atom is 0.287 e. The number of carbonyl (C=O) groups is 1. The van der Waals surface area contributed by atoms with Crippen LogP contribution >= 0.6 is 23.6 Å². The average Bonchev–Trinajstić information content (AvgIpc) is 3.13. The Kier molecular flexibility index (Phi) is 5.25. The number of amides is 1. The maximum atomic E-state index is 12.0. The lowest BCUT2D eigenvalue weighted by Gasteiger charge is -2.03. The first-order chi connectivity index (χ1) is 12.0. The van der Waals surface area contributed by atoms with Crippen molar-refractivity contribution < 1.29 is 13.9 Å². The first kappa shape index (κ1) is 17.3. The molecule has 0 aliphatic carbocycles. The molecule has 3 rings (SSSR count). The van der Waals surface area contributed by atoms with Crippen molar-refractivity contribution in [1.29, 1.82) is 0 Å². The number of aryl methyl sites for hydroxylation is 2. The number of hydrogen-bond donors (Lipinski definition) is 1. The summed E-state index contributed by atoms with van der Waals surface area (Å²) in [5.41, 5.74) is 1.15. The fourth-order valence-electron chi connectivity index (χ4n) is 1.99. The second-order valence-electron chi connectivity index (χ2n) is 5.35. The summed E-state index contributed by atoms with van der Waals surface area (Å²) in [7, 11) is 0. The van der Waals surface area contributed by atoms with Crippen LogP contribution in [0.3, 0.4) is 0 Å². The van der Waals surface area contributed by atoms with E-state index in [0.29, 0.717) is 16.8 Å². The molecule has 0 aliphatic rings. The van der Waals surface area contributed by atoms with E-state index in [1.54, 1.807) is 6.20 Å². The van der Waals surface area contributed by atoms with Gasteiger partial charge in [-0.1, -0.05) is 17.7 Å². The monoisotopic (exact) mass is 376 g/mol. The first-order valence-corrected chi connectivity index (χ1v) is 8.70. The molecule has 1 N–H and O–H groups in total. The van der Waals surface area contributed by atoms with Gasteiger partial charge in [-0.15, -0.1) is 16.4 Å². The molecule has 0 saturated carbocycles. The molecular weight excluding hydrogens is 360 g/mol. The second-order valence-corrected chi connectivity index (χ2v) is 6.93. The minimum atomic E-state index is -0.273. The van der Waals surface area contributed by atoms with E-state index in [-0.39, 0.29) is 23.9 Å². The summed E-state index contributed by atoms with van der Waals surface area (Å²) in [6.45, 7) is 4.00. The van der Waals surface area contributed by atoms with E-state index in [9.17, 15) is 4.79 Å². The van der Waals surface area contributed by atoms with Crippen molar-refractivity contribution in [3.05, 3.63) is 51.6 Å². The van der Waals surface area contributed by atoms with E-state index in [4.69, 9.17) is 21.4 Å². The fourth-order valence-corrected chi connectivity index (χ4v) is 2.88. The summed E-state index contributed by atoms with van der Waals surface area (Å²) in [6.07, 6.45) is 1.70. The Labute approximate surface area is 153 Å². The molecule has 0 fully saturated rings. The highest BCUT2D eigenvalue weighted by atomic mass is 32.1. The lowest BCUT2D eigenvalue weighted by Crippen LogP contribution is -2.19. The predicted octanol–water partition coefficient (Wildman–Crippen LogP) is 3.50. The Balaban J connectivity index is 1.59. The van der Waals surface area contributed by atoms with Gasteiger partial charge in [-0.05, 0) is 38.2 Å². The van der Waals surface area contributed by atoms with E-state index in [1.807, 2.05) is 38.1 Å². The molecule has 130 valence electrons. The van der Waals surface area contributed by atoms with Crippen LogP contribution in [-0.4, -0.2) is 20.7 Å². The smallest absolute Gasteiger partial charge is 0.287 e. The quantitative estimate of drug-likeness (QED) is 0.663. The molecule has 1 aromatic carbocycles. The summed E-state index contributed by atoms with van der Waals surface area (Å²) in [6, 6.07) is 7.64. The van der Waals surface area contributed by atoms with Crippen molar-refractivity contribution in [3.8, 4) is 5.75 Å². The van der Waals surface area contributed by atoms with Crippen LogP contribution in [-0.2, 0) is 17.9 Å². The molecule has 0 bridgehead atoms. The van der Waals surface area contributed by atoms with Crippen LogP contribution in [0, 0.1) is 18.7 Å². The Morgan fingerprint density at radius 1 is 1.36 bits per heavy atom. The summed E-state index contributed by atoms with van der Waals surface area (Å²) in [4.78, 5) is 17.3. The number of nitrogens with zero attached hydrogens (tertiary/aromatic N) is 3. The van der Waals surface area contributed by atoms with Crippen LogP contribution in [0.4, 0.5) is 5.13 Å². The molecule has 0 aliphatic heterocycles. The highest BCUT2D eigenvalue weighted by molar-refractivity contribution is 7.71. The number of benzene rings is 1. The molecule has 7 nitrogen and oxygen atoms in total. The van der Waals surface area contributed by atoms with Crippen LogP contribution in [0.2, 0.25) is 0 Å². The van der Waals surface area contributed by atoms with Gasteiger partial charge in [0.1, 0.15) is 12.3 Å². The van der Waals surface area contributed by atoms with Crippen LogP contribution in [0.25, 0.3) is 0 Å². The van der Waals surface area contributed by atoms with E-state index in [2.05, 4.69) is 15.4 Å². The molecule has 25 heavy (non-hydrogen) atoms. The van der Waals surface area contributed by atoms with Gasteiger partial charge in [0, 0.05) is 11.1 Å². The topological polar surface area (TPSA) is 82.2 Å². The molecule has 0 atom stereocenters. The Bertz CT molecular complexity index is 928. The van der Waals surface area contributed by atoms with Gasteiger partial charge in [0.15, 0.2) is 11.7 Å². The first-order valence-electron chi connectivity index (χ1n) is 7.48. The molecule has 2 aromatic heterocycles. The van der Waals surface area contributed by atoms with Crippen LogP contribution in [0.5, 0.6) is 5.75 Å². The van der Waals surface area contributed by atoms with Crippen LogP contribution in [0.15, 0.2) is 34.9 Å². The second kappa shape index (κ2) is 7.58. The molecule has 0 spiro atoms. The molecule has 0 radical (unpaired) electrons. The third kappa shape index (κ3) is 4.74. The van der Waals surface area contributed by atoms with Gasteiger partial charge in [-0.25, -0.2) is 9.67 Å². The van der Waals surface area contributed by atoms with Crippen molar-refractivity contribution in [1.82, 2.24) is 14.8 Å². The molecule has 3 aromatic rings. The van der Waals surface area contributed by atoms with Crippen molar-refractivity contribution >= 4 is 34.6 Å². The van der Waals surface area contributed by atoms with Crippen LogP contribution < -0.4 is 10.1 Å². The average molecular weight is 376 g/mol. The number of thiazole rings is 1. The maximum absolute atomic E-state index is 12.0. The number of carbonyl (C=O) groups excluding carboxylic acids is 1. The zero-order valence-electron chi connectivity index (χ0n) is 13.7. The van der Waals surface area contributed by atoms with Gasteiger partial charge < -0.3 is 14.5 Å². The molecular formula is C16H16N4O3S2. The van der Waals surface area contributed by atoms with Gasteiger partial charge in [-0.2, -0.15) is 0 Å². The predicted molar refractivity (Wildman–Crippen MR) is 96.3 cm³/mol. The van der Waals surface area contributed by atoms with E-state index in [1.165, 1.54) is 16.0 Å². The third-order valence-electron chi connectivity index (χ3n) is 3.19. The van der Waals surface area contributed by atoms with E-state index in [0.717, 1.165) is 10.4 Å². The van der Waals surface area contributed by atoms with Crippen LogP contribution in [0.1, 0.15) is 16.3 Å². The summed E-state index contributed by atoms with van der Waals surface area (Å²) >= 11 is 6.49. The highest BCUT2D eigenvalue weighted by Crippen LogP contribution is 2.16. The van der Waals surface area contributed by atoms with E-state index < -0.39 is 0 Å². The number of rotatable bonds is 6. The standard InChI is InChI=1S/C16H16N4O3S2/c1-10-3-5-12(6-4-10)22-9-14-19-20(16(24)23-14)8-13(21)18-15-17-7-11(2)25-15/h3-7H,8-9H2,1-2H3,(H,17,18,21). The minimum absolute atomic E-state index is 0.0501. The summed E-state index contributed by atoms with van der Waals surface area (Å²) in [5, 5.41) is 7.41. The number of hydrogen-bond acceptors (Lipinski definition) is 7. The van der Waals surface area contributed by atoms with Gasteiger partial charge in [0.2, 0.25) is 5.91 Å². The number of ether oxygens (including phenoxy) is 1. The molecule has 2 heterocycles. The molecule has 9 heteroatoms. The zero-order chi connectivity index (χ0) is 17.8. The van der Waals surface area contributed by atoms with E-state index >= 15 is 0 Å². The third-order valence-corrected chi connectivity index (χ3v) is 4.31. The van der Waals surface area contributed by atoms with Crippen molar-refractivity contribution in [3.63, 3.8) is 0 Å². The van der Waals surface area contributed by atoms with Gasteiger partial charge in [-0.3, -0.25) is 4.79 Å². The zero-order valence-corrected chi connectivity index (χ0v) is 15.3. The molecule has 0 unspecified atom stereocenters. The Morgan fingerprint density at radius 2 is 2.12 bits per heavy atom.